The number of halogens is 3. The minimum atomic E-state index is -2.66. The zero-order chi connectivity index (χ0) is 18.4. The summed E-state index contributed by atoms with van der Waals surface area (Å²) in [7, 11) is 0. The van der Waals surface area contributed by atoms with Crippen LogP contribution in [0.3, 0.4) is 0 Å². The summed E-state index contributed by atoms with van der Waals surface area (Å²) in [6.45, 7) is 0. The van der Waals surface area contributed by atoms with Crippen molar-refractivity contribution in [2.24, 2.45) is 0 Å². The van der Waals surface area contributed by atoms with Gasteiger partial charge in [-0.15, -0.1) is 0 Å². The number of benzene rings is 2. The molecular weight excluding hydrogens is 360 g/mol. The zero-order valence-electron chi connectivity index (χ0n) is 13.3. The Labute approximate surface area is 151 Å². The number of fused-ring (bicyclic) bond motifs is 2. The van der Waals surface area contributed by atoms with Gasteiger partial charge in [-0.2, -0.15) is 0 Å². The lowest BCUT2D eigenvalue weighted by molar-refractivity contribution is 0.151. The fourth-order valence-electron chi connectivity index (χ4n) is 3.11. The van der Waals surface area contributed by atoms with Gasteiger partial charge in [0.25, 0.3) is 12.0 Å². The fraction of sp³-hybridized carbons (Fsp3) is 0.0526. The molecule has 0 spiro atoms. The van der Waals surface area contributed by atoms with E-state index in [9.17, 15) is 13.6 Å². The van der Waals surface area contributed by atoms with Crippen molar-refractivity contribution in [3.8, 4) is 5.69 Å². The minimum absolute atomic E-state index is 0.184. The highest BCUT2D eigenvalue weighted by Crippen LogP contribution is 2.31. The highest BCUT2D eigenvalue weighted by atomic mass is 35.5. The summed E-state index contributed by atoms with van der Waals surface area (Å²) in [5, 5.41) is 2.16. The molecule has 2 aromatic heterocycles. The van der Waals surface area contributed by atoms with Crippen molar-refractivity contribution < 1.29 is 8.78 Å². The van der Waals surface area contributed by atoms with E-state index in [4.69, 9.17) is 17.3 Å². The maximum atomic E-state index is 13.2. The minimum Gasteiger partial charge on any atom is -0.398 e. The van der Waals surface area contributed by atoms with Crippen molar-refractivity contribution >= 4 is 39.0 Å². The van der Waals surface area contributed by atoms with E-state index in [0.29, 0.717) is 32.5 Å². The smallest absolute Gasteiger partial charge is 0.263 e. The van der Waals surface area contributed by atoms with Crippen LogP contribution in [0.15, 0.2) is 59.5 Å². The Morgan fingerprint density at radius 2 is 1.85 bits per heavy atom. The quantitative estimate of drug-likeness (QED) is 0.519. The Morgan fingerprint density at radius 1 is 1.04 bits per heavy atom. The lowest BCUT2D eigenvalue weighted by atomic mass is 10.1. The van der Waals surface area contributed by atoms with Crippen molar-refractivity contribution in [2.75, 3.05) is 5.73 Å². The molecule has 0 saturated carbocycles. The number of aromatic nitrogens is 2. The summed E-state index contributed by atoms with van der Waals surface area (Å²) in [6.07, 6.45) is -1.13. The number of anilines is 1. The van der Waals surface area contributed by atoms with Gasteiger partial charge in [-0.1, -0.05) is 35.9 Å². The van der Waals surface area contributed by atoms with Crippen molar-refractivity contribution in [2.45, 2.75) is 6.43 Å². The maximum absolute atomic E-state index is 13.2. The van der Waals surface area contributed by atoms with Crippen LogP contribution in [-0.4, -0.2) is 9.55 Å². The Balaban J connectivity index is 2.17. The predicted molar refractivity (Wildman–Crippen MR) is 99.2 cm³/mol. The number of nitrogen functional groups attached to an aromatic ring is 1. The monoisotopic (exact) mass is 371 g/mol. The molecule has 4 nitrogen and oxygen atoms in total. The first-order valence-electron chi connectivity index (χ1n) is 7.74. The van der Waals surface area contributed by atoms with E-state index in [0.717, 1.165) is 0 Å². The molecule has 0 unspecified atom stereocenters. The Morgan fingerprint density at radius 3 is 2.62 bits per heavy atom. The van der Waals surface area contributed by atoms with Gasteiger partial charge in [-0.3, -0.25) is 9.36 Å². The van der Waals surface area contributed by atoms with E-state index in [1.54, 1.807) is 24.3 Å². The van der Waals surface area contributed by atoms with E-state index in [1.165, 1.54) is 35.0 Å². The van der Waals surface area contributed by atoms with E-state index < -0.39 is 12.0 Å². The molecule has 7 heteroatoms. The molecule has 0 radical (unpaired) electrons. The number of alkyl halides is 2. The molecule has 0 amide bonds. The van der Waals surface area contributed by atoms with Gasteiger partial charge >= 0.3 is 0 Å². The maximum Gasteiger partial charge on any atom is 0.263 e. The fourth-order valence-corrected chi connectivity index (χ4v) is 3.33. The number of nitrogens with two attached hydrogens (primary N) is 1. The third-order valence-electron chi connectivity index (χ3n) is 4.30. The van der Waals surface area contributed by atoms with Crippen molar-refractivity contribution in [3.05, 3.63) is 75.8 Å². The average Bonchev–Trinajstić information content (AvgIpc) is 2.62. The molecule has 0 fully saturated rings. The van der Waals surface area contributed by atoms with Crippen LogP contribution in [0.1, 0.15) is 12.0 Å². The average molecular weight is 372 g/mol. The summed E-state index contributed by atoms with van der Waals surface area (Å²) >= 11 is 6.15. The third kappa shape index (κ3) is 2.50. The molecule has 2 heterocycles. The molecule has 0 aliphatic rings. The summed E-state index contributed by atoms with van der Waals surface area (Å²) in [5.74, 6) is 0. The van der Waals surface area contributed by atoms with E-state index >= 15 is 0 Å². The second kappa shape index (κ2) is 6.07. The highest BCUT2D eigenvalue weighted by Gasteiger charge is 2.15. The second-order valence-corrected chi connectivity index (χ2v) is 6.18. The van der Waals surface area contributed by atoms with Crippen molar-refractivity contribution in [3.63, 3.8) is 0 Å². The van der Waals surface area contributed by atoms with Crippen LogP contribution in [-0.2, 0) is 0 Å². The molecule has 4 aromatic rings. The van der Waals surface area contributed by atoms with Gasteiger partial charge in [0.05, 0.1) is 11.2 Å². The van der Waals surface area contributed by atoms with Gasteiger partial charge < -0.3 is 5.73 Å². The Bertz CT molecular complexity index is 1220. The largest absolute Gasteiger partial charge is 0.398 e. The molecule has 4 rings (SSSR count). The second-order valence-electron chi connectivity index (χ2n) is 5.82. The zero-order valence-corrected chi connectivity index (χ0v) is 14.0. The van der Waals surface area contributed by atoms with Crippen LogP contribution >= 0.6 is 11.6 Å². The Hall–Kier alpha value is -2.99. The van der Waals surface area contributed by atoms with Crippen molar-refractivity contribution in [1.82, 2.24) is 9.55 Å². The van der Waals surface area contributed by atoms with Crippen LogP contribution in [0, 0.1) is 0 Å². The lowest BCUT2D eigenvalue weighted by Gasteiger charge is -2.15. The summed E-state index contributed by atoms with van der Waals surface area (Å²) < 4.78 is 27.8. The standard InChI is InChI=1S/C19H12ClF2N3O/c20-18-12-2-1-3-15(11(12)6-7-24-18)25-16-8-10(19(21)22)4-5-13(16)14(23)9-17(25)26/h1-9,19H,23H2. The molecule has 0 atom stereocenters. The third-order valence-corrected chi connectivity index (χ3v) is 4.60. The number of hydrogen-bond donors (Lipinski definition) is 1. The van der Waals surface area contributed by atoms with Crippen LogP contribution in [0.25, 0.3) is 27.4 Å². The van der Waals surface area contributed by atoms with Crippen LogP contribution in [0.2, 0.25) is 5.15 Å². The molecule has 0 aliphatic carbocycles. The summed E-state index contributed by atoms with van der Waals surface area (Å²) in [5.41, 5.74) is 6.41. The van der Waals surface area contributed by atoms with Crippen LogP contribution in [0.5, 0.6) is 0 Å². The first kappa shape index (κ1) is 16.5. The number of nitrogens with zero attached hydrogens (tertiary/aromatic N) is 2. The summed E-state index contributed by atoms with van der Waals surface area (Å²) in [6, 6.07) is 12.3. The SMILES string of the molecule is Nc1cc(=O)n(-c2cccc3c(Cl)nccc23)c2cc(C(F)F)ccc12. The molecular formula is C19H12ClF2N3O. The van der Waals surface area contributed by atoms with E-state index in [1.807, 2.05) is 0 Å². The van der Waals surface area contributed by atoms with E-state index in [2.05, 4.69) is 4.98 Å². The normalized spacial score (nSPS) is 11.5. The molecule has 26 heavy (non-hydrogen) atoms. The van der Waals surface area contributed by atoms with Crippen LogP contribution in [0.4, 0.5) is 14.5 Å². The molecule has 0 bridgehead atoms. The first-order chi connectivity index (χ1) is 12.5. The lowest BCUT2D eigenvalue weighted by Crippen LogP contribution is -2.19. The molecule has 130 valence electrons. The van der Waals surface area contributed by atoms with Gasteiger partial charge in [0.1, 0.15) is 5.15 Å². The van der Waals surface area contributed by atoms with Crippen LogP contribution < -0.4 is 11.3 Å². The molecule has 2 N–H and O–H groups in total. The highest BCUT2D eigenvalue weighted by molar-refractivity contribution is 6.34. The number of hydrogen-bond acceptors (Lipinski definition) is 3. The van der Waals surface area contributed by atoms with Crippen molar-refractivity contribution in [1.29, 1.82) is 0 Å². The van der Waals surface area contributed by atoms with Gasteiger partial charge in [0, 0.05) is 39.7 Å². The summed E-state index contributed by atoms with van der Waals surface area (Å²) in [4.78, 5) is 16.7. The topological polar surface area (TPSA) is 60.9 Å². The van der Waals surface area contributed by atoms with Gasteiger partial charge in [0.15, 0.2) is 0 Å². The number of pyridine rings is 2. The van der Waals surface area contributed by atoms with Gasteiger partial charge in [-0.25, -0.2) is 13.8 Å². The number of rotatable bonds is 2. The molecule has 0 aliphatic heterocycles. The predicted octanol–water partition coefficient (Wildman–Crippen LogP) is 4.71. The van der Waals surface area contributed by atoms with E-state index in [-0.39, 0.29) is 11.3 Å². The Kier molecular flexibility index (Phi) is 3.85. The van der Waals surface area contributed by atoms with Gasteiger partial charge in [-0.05, 0) is 18.2 Å². The molecule has 0 saturated heterocycles. The first-order valence-corrected chi connectivity index (χ1v) is 8.12. The molecule has 2 aromatic carbocycles. The van der Waals surface area contributed by atoms with Gasteiger partial charge in [0.2, 0.25) is 0 Å².